The zero-order valence-electron chi connectivity index (χ0n) is 21.5. The molecule has 0 radical (unpaired) electrons. The average molecular weight is 513 g/mol. The number of Topliss-reactive ketones (excluding diaryl/α,β-unsaturated/α-hetero) is 1. The summed E-state index contributed by atoms with van der Waals surface area (Å²) in [5.74, 6) is -0.966. The van der Waals surface area contributed by atoms with E-state index in [2.05, 4.69) is 0 Å². The van der Waals surface area contributed by atoms with Gasteiger partial charge in [0.05, 0.1) is 16.1 Å². The van der Waals surface area contributed by atoms with Crippen LogP contribution >= 0.6 is 0 Å². The fourth-order valence-electron chi connectivity index (χ4n) is 6.96. The van der Waals surface area contributed by atoms with Gasteiger partial charge in [0.2, 0.25) is 0 Å². The van der Waals surface area contributed by atoms with Gasteiger partial charge in [-0.2, -0.15) is 0 Å². The van der Waals surface area contributed by atoms with Gasteiger partial charge in [-0.15, -0.1) is 0 Å². The standard InChI is InChI=1S/C25H44O7Si2/c1-7-33(8-2,9-3)24(31)21(28)20(27)23(30,19(26)18-16-14-13-15-17-18)25(32,22(24)29)34(10-4,11-5)12-6/h13-17,20-22,27-32H,7-12H2,1-6H3/t20-,21-,22-,23+,24-,25+/m1/s1. The third-order valence-corrected chi connectivity index (χ3v) is 22.3. The summed E-state index contributed by atoms with van der Waals surface area (Å²) in [5.41, 5.74) is -2.85. The topological polar surface area (TPSA) is 138 Å². The summed E-state index contributed by atoms with van der Waals surface area (Å²) < 4.78 is 0. The van der Waals surface area contributed by atoms with E-state index in [4.69, 9.17) is 0 Å². The van der Waals surface area contributed by atoms with E-state index in [1.165, 1.54) is 12.1 Å². The van der Waals surface area contributed by atoms with E-state index >= 15 is 0 Å². The van der Waals surface area contributed by atoms with Gasteiger partial charge in [0.25, 0.3) is 0 Å². The highest BCUT2D eigenvalue weighted by Gasteiger charge is 2.81. The molecule has 1 aliphatic carbocycles. The molecular formula is C25H44O7Si2. The van der Waals surface area contributed by atoms with Gasteiger partial charge >= 0.3 is 0 Å². The van der Waals surface area contributed by atoms with Crippen molar-refractivity contribution in [3.05, 3.63) is 35.9 Å². The molecule has 6 atom stereocenters. The van der Waals surface area contributed by atoms with Crippen LogP contribution in [0.15, 0.2) is 30.3 Å². The van der Waals surface area contributed by atoms with Crippen molar-refractivity contribution < 1.29 is 35.4 Å². The minimum atomic E-state index is -3.19. The molecule has 1 fully saturated rings. The van der Waals surface area contributed by atoms with E-state index in [0.717, 1.165) is 0 Å². The number of aliphatic hydroxyl groups excluding tert-OH is 3. The van der Waals surface area contributed by atoms with Crippen molar-refractivity contribution >= 4 is 21.9 Å². The van der Waals surface area contributed by atoms with Crippen LogP contribution < -0.4 is 0 Å². The first-order chi connectivity index (χ1) is 15.8. The van der Waals surface area contributed by atoms with E-state index in [1.807, 2.05) is 41.5 Å². The van der Waals surface area contributed by atoms with Crippen LogP contribution in [0.2, 0.25) is 36.3 Å². The summed E-state index contributed by atoms with van der Waals surface area (Å²) in [5, 5.41) is 67.1. The van der Waals surface area contributed by atoms with E-state index in [9.17, 15) is 35.4 Å². The first-order valence-corrected chi connectivity index (χ1v) is 17.9. The molecule has 0 unspecified atom stereocenters. The lowest BCUT2D eigenvalue weighted by atomic mass is 9.70. The summed E-state index contributed by atoms with van der Waals surface area (Å²) in [6.45, 7) is 11.2. The molecule has 34 heavy (non-hydrogen) atoms. The third kappa shape index (κ3) is 3.47. The van der Waals surface area contributed by atoms with Crippen LogP contribution in [0.1, 0.15) is 51.9 Å². The summed E-state index contributed by atoms with van der Waals surface area (Å²) in [4.78, 5) is 13.9. The van der Waals surface area contributed by atoms with Gasteiger partial charge in [-0.25, -0.2) is 0 Å². The average Bonchev–Trinajstić information content (AvgIpc) is 2.88. The van der Waals surface area contributed by atoms with Gasteiger partial charge in [0, 0.05) is 5.56 Å². The fraction of sp³-hybridized carbons (Fsp3) is 0.720. The molecule has 0 aliphatic heterocycles. The fourth-order valence-corrected chi connectivity index (χ4v) is 16.9. The molecule has 1 saturated carbocycles. The maximum Gasteiger partial charge on any atom is 0.199 e. The lowest BCUT2D eigenvalue weighted by Gasteiger charge is -2.67. The molecule has 6 N–H and O–H groups in total. The number of ketones is 1. The largest absolute Gasteiger partial charge is 0.388 e. The number of rotatable bonds is 10. The van der Waals surface area contributed by atoms with Crippen molar-refractivity contribution in [2.45, 2.75) is 112 Å². The predicted molar refractivity (Wildman–Crippen MR) is 138 cm³/mol. The number of carbonyl (C=O) groups excluding carboxylic acids is 1. The molecule has 7 nitrogen and oxygen atoms in total. The second-order valence-electron chi connectivity index (χ2n) is 10.0. The quantitative estimate of drug-likeness (QED) is 0.209. The van der Waals surface area contributed by atoms with Crippen LogP contribution in [0.4, 0.5) is 0 Å². The van der Waals surface area contributed by atoms with Crippen molar-refractivity contribution in [3.8, 4) is 0 Å². The van der Waals surface area contributed by atoms with E-state index in [1.54, 1.807) is 18.2 Å². The van der Waals surface area contributed by atoms with Crippen LogP contribution in [-0.2, 0) is 0 Å². The van der Waals surface area contributed by atoms with Crippen molar-refractivity contribution in [2.24, 2.45) is 0 Å². The number of benzene rings is 1. The summed E-state index contributed by atoms with van der Waals surface area (Å²) in [7, 11) is -6.14. The molecule has 1 aromatic carbocycles. The highest BCUT2D eigenvalue weighted by molar-refractivity contribution is 6.85. The molecule has 0 heterocycles. The number of aliphatic hydroxyl groups is 6. The summed E-state index contributed by atoms with van der Waals surface area (Å²) in [6, 6.07) is 10.5. The lowest BCUT2D eigenvalue weighted by Crippen LogP contribution is -2.93. The van der Waals surface area contributed by atoms with Crippen LogP contribution in [0, 0.1) is 0 Å². The van der Waals surface area contributed by atoms with Crippen LogP contribution in [0.25, 0.3) is 0 Å². The van der Waals surface area contributed by atoms with Gasteiger partial charge in [0.15, 0.2) is 11.4 Å². The van der Waals surface area contributed by atoms with E-state index < -0.39 is 56.3 Å². The maximum atomic E-state index is 13.9. The van der Waals surface area contributed by atoms with E-state index in [-0.39, 0.29) is 5.56 Å². The van der Waals surface area contributed by atoms with Crippen LogP contribution in [0.5, 0.6) is 0 Å². The Kier molecular flexibility index (Phi) is 8.81. The Morgan fingerprint density at radius 1 is 0.735 bits per heavy atom. The van der Waals surface area contributed by atoms with Crippen molar-refractivity contribution in [2.75, 3.05) is 0 Å². The van der Waals surface area contributed by atoms with Gasteiger partial charge < -0.3 is 30.6 Å². The smallest absolute Gasteiger partial charge is 0.199 e. The van der Waals surface area contributed by atoms with Gasteiger partial charge in [-0.05, 0) is 0 Å². The lowest BCUT2D eigenvalue weighted by molar-refractivity contribution is -0.285. The second kappa shape index (κ2) is 10.2. The molecule has 194 valence electrons. The highest BCUT2D eigenvalue weighted by Crippen LogP contribution is 2.55. The molecule has 2 rings (SSSR count). The van der Waals surface area contributed by atoms with Gasteiger partial charge in [-0.1, -0.05) is 108 Å². The maximum absolute atomic E-state index is 13.9. The monoisotopic (exact) mass is 512 g/mol. The first kappa shape index (κ1) is 29.3. The molecule has 9 heteroatoms. The normalized spacial score (nSPS) is 34.8. The molecule has 0 amide bonds. The first-order valence-electron chi connectivity index (χ1n) is 12.7. The Bertz CT molecular complexity index is 828. The Hall–Kier alpha value is -0.916. The van der Waals surface area contributed by atoms with E-state index in [0.29, 0.717) is 36.3 Å². The minimum Gasteiger partial charge on any atom is -0.388 e. The second-order valence-corrected chi connectivity index (χ2v) is 21.0. The van der Waals surface area contributed by atoms with Gasteiger partial charge in [-0.3, -0.25) is 4.79 Å². The minimum absolute atomic E-state index is 0.0449. The molecule has 1 aromatic rings. The summed E-state index contributed by atoms with van der Waals surface area (Å²) in [6.07, 6.45) is -6.20. The van der Waals surface area contributed by atoms with Gasteiger partial charge in [0.1, 0.15) is 28.8 Å². The predicted octanol–water partition coefficient (Wildman–Crippen LogP) is 2.25. The van der Waals surface area contributed by atoms with Crippen molar-refractivity contribution in [3.63, 3.8) is 0 Å². The number of hydrogen-bond donors (Lipinski definition) is 6. The van der Waals surface area contributed by atoms with Crippen molar-refractivity contribution in [1.29, 1.82) is 0 Å². The molecule has 0 bridgehead atoms. The number of carbonyl (C=O) groups is 1. The molecule has 0 aromatic heterocycles. The zero-order chi connectivity index (χ0) is 26.2. The Labute approximate surface area is 205 Å². The summed E-state index contributed by atoms with van der Waals surface area (Å²) >= 11 is 0. The van der Waals surface area contributed by atoms with Crippen LogP contribution in [0.3, 0.4) is 0 Å². The molecule has 1 aliphatic rings. The Morgan fingerprint density at radius 3 is 1.53 bits per heavy atom. The number of hydrogen-bond acceptors (Lipinski definition) is 7. The SMILES string of the molecule is CC[Si](CC)(CC)[C@]1(O)[C@H](O)[C@@H](O)[C@@](O)(C(=O)c2ccccc2)[C@@](O)([Si](CC)(CC)CC)[C@@H]1O. The zero-order valence-corrected chi connectivity index (χ0v) is 23.5. The van der Waals surface area contributed by atoms with Crippen molar-refractivity contribution in [1.82, 2.24) is 0 Å². The third-order valence-electron chi connectivity index (χ3n) is 9.67. The Balaban J connectivity index is 3.01. The molecule has 0 saturated heterocycles. The molecular weight excluding hydrogens is 468 g/mol. The van der Waals surface area contributed by atoms with Crippen LogP contribution in [-0.4, -0.2) is 86.9 Å². The Morgan fingerprint density at radius 2 is 1.15 bits per heavy atom. The molecule has 0 spiro atoms. The highest BCUT2D eigenvalue weighted by atomic mass is 28.3.